The Bertz CT molecular complexity index is 937. The van der Waals surface area contributed by atoms with E-state index in [1.54, 1.807) is 31.3 Å². The van der Waals surface area contributed by atoms with Gasteiger partial charge >= 0.3 is 0 Å². The highest BCUT2D eigenvalue weighted by molar-refractivity contribution is 7.15. The lowest BCUT2D eigenvalue weighted by molar-refractivity contribution is -0.129. The standard InChI is InChI=1S/C21H25FN4O2S/c1-13-11-16(22)4-6-17(13)23-20(28)15-3-5-18-19(12-15)29-21(24-18)26-9-7-25(8-10-26)14(2)27/h4,6,11,15H,3,5,7-10,12H2,1-2H3,(H,23,28)/t15-/m0/s1. The van der Waals surface area contributed by atoms with Crippen LogP contribution in [0, 0.1) is 18.7 Å². The average molecular weight is 417 g/mol. The second kappa shape index (κ2) is 8.10. The quantitative estimate of drug-likeness (QED) is 0.835. The van der Waals surface area contributed by atoms with Crippen LogP contribution in [0.5, 0.6) is 0 Å². The summed E-state index contributed by atoms with van der Waals surface area (Å²) in [4.78, 5) is 34.4. The van der Waals surface area contributed by atoms with Gasteiger partial charge in [-0.3, -0.25) is 9.59 Å². The first kappa shape index (κ1) is 19.8. The van der Waals surface area contributed by atoms with Gasteiger partial charge in [0.05, 0.1) is 5.69 Å². The molecule has 8 heteroatoms. The molecular weight excluding hydrogens is 391 g/mol. The minimum atomic E-state index is -0.302. The monoisotopic (exact) mass is 416 g/mol. The highest BCUT2D eigenvalue weighted by Gasteiger charge is 2.29. The zero-order valence-corrected chi connectivity index (χ0v) is 17.5. The van der Waals surface area contributed by atoms with Crippen LogP contribution in [0.1, 0.15) is 29.5 Å². The number of aromatic nitrogens is 1. The number of fused-ring (bicyclic) bond motifs is 1. The molecule has 1 N–H and O–H groups in total. The van der Waals surface area contributed by atoms with Crippen LogP contribution < -0.4 is 10.2 Å². The number of piperazine rings is 1. The summed E-state index contributed by atoms with van der Waals surface area (Å²) in [5, 5.41) is 3.95. The van der Waals surface area contributed by atoms with Crippen molar-refractivity contribution in [1.29, 1.82) is 0 Å². The lowest BCUT2D eigenvalue weighted by atomic mass is 9.90. The molecule has 1 fully saturated rings. The smallest absolute Gasteiger partial charge is 0.227 e. The SMILES string of the molecule is CC(=O)N1CCN(c2nc3c(s2)C[C@@H](C(=O)Nc2ccc(F)cc2C)CC3)CC1. The fraction of sp³-hybridized carbons (Fsp3) is 0.476. The number of amides is 2. The molecule has 0 saturated carbocycles. The molecular formula is C21H25FN4O2S. The molecule has 2 amide bonds. The van der Waals surface area contributed by atoms with Gasteiger partial charge in [-0.25, -0.2) is 9.37 Å². The maximum absolute atomic E-state index is 13.3. The highest BCUT2D eigenvalue weighted by atomic mass is 32.1. The Balaban J connectivity index is 1.40. The van der Waals surface area contributed by atoms with E-state index < -0.39 is 0 Å². The van der Waals surface area contributed by atoms with E-state index >= 15 is 0 Å². The Morgan fingerprint density at radius 3 is 2.69 bits per heavy atom. The Kier molecular flexibility index (Phi) is 5.54. The number of thiazole rings is 1. The fourth-order valence-electron chi connectivity index (χ4n) is 3.94. The lowest BCUT2D eigenvalue weighted by Crippen LogP contribution is -2.48. The normalized spacial score (nSPS) is 19.1. The van der Waals surface area contributed by atoms with Gasteiger partial charge in [0.25, 0.3) is 0 Å². The van der Waals surface area contributed by atoms with Crippen molar-refractivity contribution in [3.8, 4) is 0 Å². The molecule has 0 radical (unpaired) electrons. The number of nitrogens with zero attached hydrogens (tertiary/aromatic N) is 3. The minimum Gasteiger partial charge on any atom is -0.345 e. The Morgan fingerprint density at radius 2 is 2.00 bits per heavy atom. The summed E-state index contributed by atoms with van der Waals surface area (Å²) in [6.45, 7) is 6.43. The van der Waals surface area contributed by atoms with Crippen molar-refractivity contribution in [2.24, 2.45) is 5.92 Å². The first-order valence-corrected chi connectivity index (χ1v) is 10.8. The molecule has 2 aromatic rings. The van der Waals surface area contributed by atoms with E-state index in [0.29, 0.717) is 12.1 Å². The number of anilines is 2. The number of hydrogen-bond acceptors (Lipinski definition) is 5. The number of nitrogens with one attached hydrogen (secondary N) is 1. The Morgan fingerprint density at radius 1 is 1.24 bits per heavy atom. The van der Waals surface area contributed by atoms with Crippen LogP contribution in [0.3, 0.4) is 0 Å². The van der Waals surface area contributed by atoms with Gasteiger partial charge in [0.2, 0.25) is 11.8 Å². The van der Waals surface area contributed by atoms with E-state index in [1.165, 1.54) is 17.0 Å². The number of benzene rings is 1. The van der Waals surface area contributed by atoms with Gasteiger partial charge in [0, 0.05) is 49.6 Å². The van der Waals surface area contributed by atoms with Crippen molar-refractivity contribution in [2.75, 3.05) is 36.4 Å². The van der Waals surface area contributed by atoms with Gasteiger partial charge in [0.1, 0.15) is 5.82 Å². The van der Waals surface area contributed by atoms with Crippen LogP contribution in [-0.2, 0) is 22.4 Å². The minimum absolute atomic E-state index is 0.0182. The van der Waals surface area contributed by atoms with Crippen molar-refractivity contribution in [3.05, 3.63) is 40.2 Å². The molecule has 1 aliphatic heterocycles. The number of halogens is 1. The van der Waals surface area contributed by atoms with E-state index in [2.05, 4.69) is 10.2 Å². The molecule has 2 aliphatic rings. The average Bonchev–Trinajstić information content (AvgIpc) is 3.13. The predicted molar refractivity (Wildman–Crippen MR) is 112 cm³/mol. The van der Waals surface area contributed by atoms with Gasteiger partial charge in [-0.15, -0.1) is 11.3 Å². The molecule has 1 aliphatic carbocycles. The fourth-order valence-corrected chi connectivity index (χ4v) is 5.17. The van der Waals surface area contributed by atoms with E-state index in [4.69, 9.17) is 4.98 Å². The van der Waals surface area contributed by atoms with Crippen molar-refractivity contribution in [1.82, 2.24) is 9.88 Å². The molecule has 2 heterocycles. The second-order valence-corrected chi connectivity index (χ2v) is 8.81. The largest absolute Gasteiger partial charge is 0.345 e. The molecule has 4 rings (SSSR count). The summed E-state index contributed by atoms with van der Waals surface area (Å²) in [6, 6.07) is 4.40. The third-order valence-corrected chi connectivity index (χ3v) is 6.92. The number of carbonyl (C=O) groups is 2. The zero-order chi connectivity index (χ0) is 20.5. The predicted octanol–water partition coefficient (Wildman–Crippen LogP) is 3.00. The summed E-state index contributed by atoms with van der Waals surface area (Å²) in [7, 11) is 0. The molecule has 0 spiro atoms. The van der Waals surface area contributed by atoms with Crippen LogP contribution >= 0.6 is 11.3 Å². The molecule has 154 valence electrons. The molecule has 0 bridgehead atoms. The molecule has 6 nitrogen and oxygen atoms in total. The Labute approximate surface area is 173 Å². The van der Waals surface area contributed by atoms with Crippen molar-refractivity contribution in [3.63, 3.8) is 0 Å². The van der Waals surface area contributed by atoms with Gasteiger partial charge in [0.15, 0.2) is 5.13 Å². The van der Waals surface area contributed by atoms with Gasteiger partial charge in [-0.05, 0) is 49.9 Å². The lowest BCUT2D eigenvalue weighted by Gasteiger charge is -2.33. The van der Waals surface area contributed by atoms with E-state index in [-0.39, 0.29) is 23.5 Å². The second-order valence-electron chi connectivity index (χ2n) is 7.75. The van der Waals surface area contributed by atoms with E-state index in [0.717, 1.165) is 55.4 Å². The maximum atomic E-state index is 13.3. The molecule has 1 aromatic carbocycles. The van der Waals surface area contributed by atoms with E-state index in [1.807, 2.05) is 4.90 Å². The van der Waals surface area contributed by atoms with Crippen LogP contribution in [0.2, 0.25) is 0 Å². The van der Waals surface area contributed by atoms with Crippen LogP contribution in [0.25, 0.3) is 0 Å². The number of carbonyl (C=O) groups excluding carboxylic acids is 2. The first-order valence-electron chi connectivity index (χ1n) is 9.97. The van der Waals surface area contributed by atoms with Crippen molar-refractivity contribution < 1.29 is 14.0 Å². The summed E-state index contributed by atoms with van der Waals surface area (Å²) >= 11 is 1.67. The number of aryl methyl sites for hydroxylation is 2. The summed E-state index contributed by atoms with van der Waals surface area (Å²) in [6.07, 6.45) is 2.24. The summed E-state index contributed by atoms with van der Waals surface area (Å²) < 4.78 is 13.3. The number of rotatable bonds is 3. The van der Waals surface area contributed by atoms with Gasteiger partial charge < -0.3 is 15.1 Å². The molecule has 1 saturated heterocycles. The summed E-state index contributed by atoms with van der Waals surface area (Å²) in [5.41, 5.74) is 2.48. The third-order valence-electron chi connectivity index (χ3n) is 5.74. The summed E-state index contributed by atoms with van der Waals surface area (Å²) in [5.74, 6) is -0.303. The molecule has 1 atom stereocenters. The van der Waals surface area contributed by atoms with Crippen molar-refractivity contribution in [2.45, 2.75) is 33.1 Å². The molecule has 1 aromatic heterocycles. The maximum Gasteiger partial charge on any atom is 0.227 e. The van der Waals surface area contributed by atoms with Crippen LogP contribution in [-0.4, -0.2) is 47.9 Å². The van der Waals surface area contributed by atoms with Crippen LogP contribution in [0.4, 0.5) is 15.2 Å². The van der Waals surface area contributed by atoms with Gasteiger partial charge in [-0.1, -0.05) is 0 Å². The zero-order valence-electron chi connectivity index (χ0n) is 16.7. The van der Waals surface area contributed by atoms with Crippen LogP contribution in [0.15, 0.2) is 18.2 Å². The third kappa shape index (κ3) is 4.27. The van der Waals surface area contributed by atoms with E-state index in [9.17, 15) is 14.0 Å². The topological polar surface area (TPSA) is 65.5 Å². The number of hydrogen-bond donors (Lipinski definition) is 1. The van der Waals surface area contributed by atoms with Gasteiger partial charge in [-0.2, -0.15) is 0 Å². The molecule has 0 unspecified atom stereocenters. The Hall–Kier alpha value is -2.48. The molecule has 29 heavy (non-hydrogen) atoms. The first-order chi connectivity index (χ1) is 13.9. The highest BCUT2D eigenvalue weighted by Crippen LogP contribution is 2.35. The van der Waals surface area contributed by atoms with Crippen molar-refractivity contribution >= 4 is 34.0 Å².